The standard InChI is InChI=1S/C9H14/c1-2-7-6-8-4-3-5-9(7)8/h2,8-9H,3-6H2,1H3/b7-2+/t8-,9+/m1/s1. The fourth-order valence-electron chi connectivity index (χ4n) is 2.39. The summed E-state index contributed by atoms with van der Waals surface area (Å²) in [4.78, 5) is 0. The normalized spacial score (nSPS) is 44.8. The first-order chi connectivity index (χ1) is 4.42. The van der Waals surface area contributed by atoms with Crippen molar-refractivity contribution >= 4 is 0 Å². The molecule has 0 saturated heterocycles. The van der Waals surface area contributed by atoms with Crippen LogP contribution < -0.4 is 0 Å². The van der Waals surface area contributed by atoms with Crippen molar-refractivity contribution in [1.82, 2.24) is 0 Å². The van der Waals surface area contributed by atoms with Gasteiger partial charge in [0.25, 0.3) is 0 Å². The van der Waals surface area contributed by atoms with Crippen molar-refractivity contribution in [3.05, 3.63) is 11.6 Å². The summed E-state index contributed by atoms with van der Waals surface area (Å²) in [5, 5.41) is 0. The third-order valence-corrected chi connectivity index (χ3v) is 3.00. The van der Waals surface area contributed by atoms with E-state index in [4.69, 9.17) is 0 Å². The summed E-state index contributed by atoms with van der Waals surface area (Å²) in [7, 11) is 0. The van der Waals surface area contributed by atoms with Crippen LogP contribution in [-0.4, -0.2) is 0 Å². The van der Waals surface area contributed by atoms with Crippen LogP contribution >= 0.6 is 0 Å². The van der Waals surface area contributed by atoms with E-state index >= 15 is 0 Å². The molecule has 2 saturated carbocycles. The van der Waals surface area contributed by atoms with Crippen LogP contribution in [0.2, 0.25) is 0 Å². The molecule has 0 aromatic rings. The first-order valence-corrected chi connectivity index (χ1v) is 4.07. The second kappa shape index (κ2) is 1.86. The Labute approximate surface area is 57.0 Å². The molecule has 2 aliphatic rings. The van der Waals surface area contributed by atoms with Gasteiger partial charge in [0.2, 0.25) is 0 Å². The zero-order chi connectivity index (χ0) is 6.27. The van der Waals surface area contributed by atoms with Crippen LogP contribution in [0.1, 0.15) is 32.6 Å². The average molecular weight is 122 g/mol. The van der Waals surface area contributed by atoms with Crippen molar-refractivity contribution in [1.29, 1.82) is 0 Å². The Morgan fingerprint density at radius 2 is 2.33 bits per heavy atom. The maximum Gasteiger partial charge on any atom is -0.0172 e. The van der Waals surface area contributed by atoms with E-state index in [2.05, 4.69) is 13.0 Å². The van der Waals surface area contributed by atoms with Crippen molar-refractivity contribution in [2.75, 3.05) is 0 Å². The molecule has 0 aromatic heterocycles. The molecule has 0 aliphatic heterocycles. The number of allylic oxidation sites excluding steroid dienone is 2. The summed E-state index contributed by atoms with van der Waals surface area (Å²) in [5.74, 6) is 2.14. The quantitative estimate of drug-likeness (QED) is 0.433. The van der Waals surface area contributed by atoms with Crippen molar-refractivity contribution in [3.8, 4) is 0 Å². The molecule has 0 nitrogen and oxygen atoms in total. The molecule has 0 heterocycles. The Bertz CT molecular complexity index is 144. The monoisotopic (exact) mass is 122 g/mol. The molecule has 50 valence electrons. The predicted octanol–water partition coefficient (Wildman–Crippen LogP) is 2.75. The van der Waals surface area contributed by atoms with E-state index in [1.54, 1.807) is 5.57 Å². The van der Waals surface area contributed by atoms with Crippen LogP contribution in [0.3, 0.4) is 0 Å². The summed E-state index contributed by atoms with van der Waals surface area (Å²) in [5.41, 5.74) is 1.75. The molecular weight excluding hydrogens is 108 g/mol. The Morgan fingerprint density at radius 1 is 1.44 bits per heavy atom. The molecular formula is C9H14. The highest BCUT2D eigenvalue weighted by molar-refractivity contribution is 5.19. The average Bonchev–Trinajstić information content (AvgIpc) is 2.14. The van der Waals surface area contributed by atoms with E-state index in [0.29, 0.717) is 0 Å². The van der Waals surface area contributed by atoms with Crippen LogP contribution in [0.4, 0.5) is 0 Å². The Balaban J connectivity index is 2.09. The van der Waals surface area contributed by atoms with Crippen LogP contribution in [0, 0.1) is 11.8 Å². The molecule has 0 spiro atoms. The summed E-state index contributed by atoms with van der Waals surface area (Å²) in [6.07, 6.45) is 8.26. The molecule has 0 unspecified atom stereocenters. The largest absolute Gasteiger partial charge is 0.0882 e. The van der Waals surface area contributed by atoms with E-state index in [-0.39, 0.29) is 0 Å². The lowest BCUT2D eigenvalue weighted by Crippen LogP contribution is -2.22. The van der Waals surface area contributed by atoms with E-state index in [0.717, 1.165) is 11.8 Å². The Kier molecular flexibility index (Phi) is 1.14. The van der Waals surface area contributed by atoms with Crippen molar-refractivity contribution < 1.29 is 0 Å². The van der Waals surface area contributed by atoms with E-state index < -0.39 is 0 Å². The molecule has 0 heteroatoms. The number of fused-ring (bicyclic) bond motifs is 1. The summed E-state index contributed by atoms with van der Waals surface area (Å²) in [6, 6.07) is 0. The smallest absolute Gasteiger partial charge is 0.0172 e. The van der Waals surface area contributed by atoms with Crippen LogP contribution in [0.25, 0.3) is 0 Å². The zero-order valence-corrected chi connectivity index (χ0v) is 6.06. The van der Waals surface area contributed by atoms with E-state index in [1.165, 1.54) is 25.7 Å². The van der Waals surface area contributed by atoms with Gasteiger partial charge in [-0.25, -0.2) is 0 Å². The van der Waals surface area contributed by atoms with Gasteiger partial charge in [-0.1, -0.05) is 18.1 Å². The number of hydrogen-bond acceptors (Lipinski definition) is 0. The van der Waals surface area contributed by atoms with Gasteiger partial charge in [-0.15, -0.1) is 0 Å². The fourth-order valence-corrected chi connectivity index (χ4v) is 2.39. The van der Waals surface area contributed by atoms with Crippen LogP contribution in [-0.2, 0) is 0 Å². The molecule has 2 aliphatic carbocycles. The van der Waals surface area contributed by atoms with E-state index in [9.17, 15) is 0 Å². The molecule has 2 fully saturated rings. The molecule has 0 aromatic carbocycles. The van der Waals surface area contributed by atoms with Gasteiger partial charge in [0.15, 0.2) is 0 Å². The molecule has 0 bridgehead atoms. The second-order valence-electron chi connectivity index (χ2n) is 3.37. The lowest BCUT2D eigenvalue weighted by Gasteiger charge is -2.34. The molecule has 2 rings (SSSR count). The van der Waals surface area contributed by atoms with Crippen molar-refractivity contribution in [2.45, 2.75) is 32.6 Å². The number of hydrogen-bond donors (Lipinski definition) is 0. The van der Waals surface area contributed by atoms with Gasteiger partial charge in [-0.2, -0.15) is 0 Å². The maximum atomic E-state index is 2.33. The van der Waals surface area contributed by atoms with Gasteiger partial charge in [-0.05, 0) is 38.0 Å². The highest BCUT2D eigenvalue weighted by Crippen LogP contribution is 2.50. The van der Waals surface area contributed by atoms with Crippen molar-refractivity contribution in [2.24, 2.45) is 11.8 Å². The third-order valence-electron chi connectivity index (χ3n) is 3.00. The van der Waals surface area contributed by atoms with Gasteiger partial charge in [0, 0.05) is 0 Å². The fraction of sp³-hybridized carbons (Fsp3) is 0.778. The molecule has 0 amide bonds. The van der Waals surface area contributed by atoms with Gasteiger partial charge >= 0.3 is 0 Å². The first-order valence-electron chi connectivity index (χ1n) is 4.07. The topological polar surface area (TPSA) is 0 Å². The maximum absolute atomic E-state index is 2.33. The third kappa shape index (κ3) is 0.654. The Morgan fingerprint density at radius 3 is 3.00 bits per heavy atom. The van der Waals surface area contributed by atoms with Crippen LogP contribution in [0.5, 0.6) is 0 Å². The van der Waals surface area contributed by atoms with Crippen LogP contribution in [0.15, 0.2) is 11.6 Å². The predicted molar refractivity (Wildman–Crippen MR) is 39.2 cm³/mol. The highest BCUT2D eigenvalue weighted by Gasteiger charge is 2.38. The van der Waals surface area contributed by atoms with Gasteiger partial charge < -0.3 is 0 Å². The summed E-state index contributed by atoms with van der Waals surface area (Å²) < 4.78 is 0. The second-order valence-corrected chi connectivity index (χ2v) is 3.37. The minimum absolute atomic E-state index is 1.04. The highest BCUT2D eigenvalue weighted by atomic mass is 14.4. The first kappa shape index (κ1) is 5.52. The zero-order valence-electron chi connectivity index (χ0n) is 6.06. The summed E-state index contributed by atoms with van der Waals surface area (Å²) in [6.45, 7) is 2.18. The Hall–Kier alpha value is -0.260. The molecule has 0 radical (unpaired) electrons. The minimum Gasteiger partial charge on any atom is -0.0882 e. The summed E-state index contributed by atoms with van der Waals surface area (Å²) >= 11 is 0. The van der Waals surface area contributed by atoms with Gasteiger partial charge in [0.05, 0.1) is 0 Å². The minimum atomic E-state index is 1.04. The number of rotatable bonds is 0. The van der Waals surface area contributed by atoms with Gasteiger partial charge in [-0.3, -0.25) is 0 Å². The molecule has 9 heavy (non-hydrogen) atoms. The lowest BCUT2D eigenvalue weighted by molar-refractivity contribution is 0.325. The molecule has 2 atom stereocenters. The lowest BCUT2D eigenvalue weighted by atomic mass is 9.71. The SMILES string of the molecule is C/C=C1\C[C@H]2CCC[C@@H]12. The van der Waals surface area contributed by atoms with Crippen molar-refractivity contribution in [3.63, 3.8) is 0 Å². The van der Waals surface area contributed by atoms with E-state index in [1.807, 2.05) is 0 Å². The van der Waals surface area contributed by atoms with Gasteiger partial charge in [0.1, 0.15) is 0 Å². The molecule has 0 N–H and O–H groups in total.